The van der Waals surface area contributed by atoms with Gasteiger partial charge in [0.2, 0.25) is 0 Å². The van der Waals surface area contributed by atoms with Crippen LogP contribution in [0, 0.1) is 5.82 Å². The molecule has 102 valence electrons. The monoisotopic (exact) mass is 277 g/mol. The maximum absolute atomic E-state index is 13.1. The number of nitrogens with zero attached hydrogens (tertiary/aromatic N) is 1. The summed E-state index contributed by atoms with van der Waals surface area (Å²) in [5, 5.41) is 0. The fraction of sp³-hybridized carbons (Fsp3) is 0.111. The lowest BCUT2D eigenvalue weighted by Gasteiger charge is -2.25. The molecule has 3 heteroatoms. The number of hydrogen-bond donors (Lipinski definition) is 0. The molecule has 0 aromatic heterocycles. The number of carbonyl (C=O) groups excluding carboxylic acids is 1. The Balaban J connectivity index is 1.91. The van der Waals surface area contributed by atoms with E-state index in [0.29, 0.717) is 6.42 Å². The third-order valence-corrected chi connectivity index (χ3v) is 4.20. The molecule has 1 aliphatic carbocycles. The van der Waals surface area contributed by atoms with Gasteiger partial charge in [-0.2, -0.15) is 0 Å². The second-order valence-electron chi connectivity index (χ2n) is 5.45. The molecule has 2 aromatic carbocycles. The maximum atomic E-state index is 13.1. The van der Waals surface area contributed by atoms with Gasteiger partial charge in [0.05, 0.1) is 11.1 Å². The van der Waals surface area contributed by atoms with E-state index in [1.165, 1.54) is 12.1 Å². The van der Waals surface area contributed by atoms with Crippen LogP contribution in [0.25, 0.3) is 5.57 Å². The summed E-state index contributed by atoms with van der Waals surface area (Å²) in [5.41, 5.74) is 3.23. The average Bonchev–Trinajstić information content (AvgIpc) is 3.03. The van der Waals surface area contributed by atoms with E-state index >= 15 is 0 Å². The molecule has 1 unspecified atom stereocenters. The van der Waals surface area contributed by atoms with Crippen LogP contribution < -0.4 is 0 Å². The van der Waals surface area contributed by atoms with E-state index in [1.807, 2.05) is 30.5 Å². The minimum atomic E-state index is -0.495. The highest BCUT2D eigenvalue weighted by molar-refractivity contribution is 6.15. The molecular weight excluding hydrogens is 265 g/mol. The van der Waals surface area contributed by atoms with Gasteiger partial charge < -0.3 is 0 Å². The summed E-state index contributed by atoms with van der Waals surface area (Å²) >= 11 is 0. The third kappa shape index (κ3) is 1.70. The Labute approximate surface area is 121 Å². The first-order valence-electron chi connectivity index (χ1n) is 6.85. The van der Waals surface area contributed by atoms with Crippen molar-refractivity contribution >= 4 is 23.3 Å². The summed E-state index contributed by atoms with van der Waals surface area (Å²) in [5.74, 6) is -0.198. The molecule has 4 rings (SSSR count). The number of carbonyl (C=O) groups is 1. The standard InChI is InChI=1S/C18H12FNO/c19-13-7-5-12(6-8-13)16-9-14(21)10-18(16)11-20-17-4-2-1-3-15(17)18/h1-9,11H,10H2. The highest BCUT2D eigenvalue weighted by Crippen LogP contribution is 2.50. The van der Waals surface area contributed by atoms with Crippen LogP contribution in [0.2, 0.25) is 0 Å². The predicted molar refractivity (Wildman–Crippen MR) is 80.3 cm³/mol. The van der Waals surface area contributed by atoms with Crippen LogP contribution in [0.3, 0.4) is 0 Å². The van der Waals surface area contributed by atoms with Crippen LogP contribution in [0.4, 0.5) is 10.1 Å². The molecule has 0 saturated carbocycles. The normalized spacial score (nSPS) is 22.7. The smallest absolute Gasteiger partial charge is 0.157 e. The fourth-order valence-electron chi connectivity index (χ4n) is 3.25. The van der Waals surface area contributed by atoms with E-state index in [2.05, 4.69) is 4.99 Å². The van der Waals surface area contributed by atoms with E-state index in [0.717, 1.165) is 22.4 Å². The van der Waals surface area contributed by atoms with Crippen molar-refractivity contribution in [2.24, 2.45) is 4.99 Å². The summed E-state index contributed by atoms with van der Waals surface area (Å²) in [6.07, 6.45) is 3.92. The minimum Gasteiger partial charge on any atom is -0.295 e. The van der Waals surface area contributed by atoms with Crippen molar-refractivity contribution in [2.75, 3.05) is 0 Å². The van der Waals surface area contributed by atoms with Crippen LogP contribution in [0.15, 0.2) is 59.6 Å². The number of halogens is 1. The molecule has 0 fully saturated rings. The highest BCUT2D eigenvalue weighted by Gasteiger charge is 2.45. The summed E-state index contributed by atoms with van der Waals surface area (Å²) in [6.45, 7) is 0. The molecule has 1 aliphatic heterocycles. The summed E-state index contributed by atoms with van der Waals surface area (Å²) in [4.78, 5) is 16.5. The highest BCUT2D eigenvalue weighted by atomic mass is 19.1. The number of hydrogen-bond acceptors (Lipinski definition) is 2. The topological polar surface area (TPSA) is 29.4 Å². The Morgan fingerprint density at radius 1 is 1.05 bits per heavy atom. The average molecular weight is 277 g/mol. The Kier molecular flexibility index (Phi) is 2.45. The van der Waals surface area contributed by atoms with Crippen LogP contribution in [0.1, 0.15) is 17.5 Å². The van der Waals surface area contributed by atoms with Crippen LogP contribution >= 0.6 is 0 Å². The van der Waals surface area contributed by atoms with Gasteiger partial charge in [0, 0.05) is 12.6 Å². The van der Waals surface area contributed by atoms with E-state index in [1.54, 1.807) is 18.2 Å². The summed E-state index contributed by atoms with van der Waals surface area (Å²) in [7, 11) is 0. The molecule has 2 aromatic rings. The number of para-hydroxylation sites is 1. The molecule has 2 aliphatic rings. The number of rotatable bonds is 1. The van der Waals surface area contributed by atoms with Crippen LogP contribution in [0.5, 0.6) is 0 Å². The second kappa shape index (κ2) is 4.22. The Morgan fingerprint density at radius 3 is 2.62 bits per heavy atom. The first-order chi connectivity index (χ1) is 10.2. The lowest BCUT2D eigenvalue weighted by Crippen LogP contribution is -2.25. The second-order valence-corrected chi connectivity index (χ2v) is 5.45. The Hall–Kier alpha value is -2.55. The van der Waals surface area contributed by atoms with Crippen molar-refractivity contribution in [1.29, 1.82) is 0 Å². The van der Waals surface area contributed by atoms with Gasteiger partial charge in [-0.25, -0.2) is 4.39 Å². The quantitative estimate of drug-likeness (QED) is 0.778. The van der Waals surface area contributed by atoms with Gasteiger partial charge in [-0.3, -0.25) is 9.79 Å². The molecule has 0 saturated heterocycles. The number of ketones is 1. The molecule has 0 N–H and O–H groups in total. The van der Waals surface area contributed by atoms with Gasteiger partial charge in [-0.1, -0.05) is 30.3 Å². The molecule has 1 heterocycles. The zero-order chi connectivity index (χ0) is 14.4. The summed E-state index contributed by atoms with van der Waals surface area (Å²) < 4.78 is 13.1. The van der Waals surface area contributed by atoms with Crippen molar-refractivity contribution in [2.45, 2.75) is 11.8 Å². The molecule has 21 heavy (non-hydrogen) atoms. The lowest BCUT2D eigenvalue weighted by atomic mass is 9.74. The molecule has 0 bridgehead atoms. The van der Waals surface area contributed by atoms with E-state index in [4.69, 9.17) is 0 Å². The third-order valence-electron chi connectivity index (χ3n) is 4.20. The van der Waals surface area contributed by atoms with Crippen LogP contribution in [-0.4, -0.2) is 12.0 Å². The SMILES string of the molecule is O=C1C=C(c2ccc(F)cc2)C2(C=Nc3ccccc32)C1. The fourth-order valence-corrected chi connectivity index (χ4v) is 3.25. The van der Waals surface area contributed by atoms with Crippen molar-refractivity contribution in [3.8, 4) is 0 Å². The molecule has 1 spiro atoms. The predicted octanol–water partition coefficient (Wildman–Crippen LogP) is 3.84. The molecule has 2 nitrogen and oxygen atoms in total. The largest absolute Gasteiger partial charge is 0.295 e. The zero-order valence-corrected chi connectivity index (χ0v) is 11.2. The zero-order valence-electron chi connectivity index (χ0n) is 11.2. The lowest BCUT2D eigenvalue weighted by molar-refractivity contribution is -0.114. The van der Waals surface area contributed by atoms with Gasteiger partial charge in [-0.05, 0) is 41.0 Å². The van der Waals surface area contributed by atoms with Crippen molar-refractivity contribution in [3.05, 3.63) is 71.6 Å². The first-order valence-corrected chi connectivity index (χ1v) is 6.85. The molecule has 0 radical (unpaired) electrons. The maximum Gasteiger partial charge on any atom is 0.157 e. The van der Waals surface area contributed by atoms with E-state index < -0.39 is 5.41 Å². The number of allylic oxidation sites excluding steroid dienone is 2. The van der Waals surface area contributed by atoms with Crippen LogP contribution in [-0.2, 0) is 10.2 Å². The van der Waals surface area contributed by atoms with Crippen molar-refractivity contribution < 1.29 is 9.18 Å². The first kappa shape index (κ1) is 12.2. The van der Waals surface area contributed by atoms with Gasteiger partial charge in [0.15, 0.2) is 5.78 Å². The summed E-state index contributed by atoms with van der Waals surface area (Å²) in [6, 6.07) is 14.1. The molecule has 0 amide bonds. The minimum absolute atomic E-state index is 0.0810. The Morgan fingerprint density at radius 2 is 1.81 bits per heavy atom. The van der Waals surface area contributed by atoms with Crippen molar-refractivity contribution in [1.82, 2.24) is 0 Å². The number of aliphatic imine (C=N–C) groups is 1. The van der Waals surface area contributed by atoms with Gasteiger partial charge in [0.25, 0.3) is 0 Å². The van der Waals surface area contributed by atoms with E-state index in [-0.39, 0.29) is 11.6 Å². The van der Waals surface area contributed by atoms with Gasteiger partial charge in [0.1, 0.15) is 5.82 Å². The molecular formula is C18H12FNO. The Bertz CT molecular complexity index is 804. The van der Waals surface area contributed by atoms with E-state index in [9.17, 15) is 9.18 Å². The molecule has 1 atom stereocenters. The van der Waals surface area contributed by atoms with Gasteiger partial charge >= 0.3 is 0 Å². The van der Waals surface area contributed by atoms with Gasteiger partial charge in [-0.15, -0.1) is 0 Å². The number of benzene rings is 2. The van der Waals surface area contributed by atoms with Crippen molar-refractivity contribution in [3.63, 3.8) is 0 Å². The number of fused-ring (bicyclic) bond motifs is 2.